The van der Waals surface area contributed by atoms with Gasteiger partial charge in [-0.1, -0.05) is 23.7 Å². The van der Waals surface area contributed by atoms with E-state index in [1.54, 1.807) is 13.0 Å². The number of benzene rings is 2. The summed E-state index contributed by atoms with van der Waals surface area (Å²) in [6, 6.07) is 8.60. The summed E-state index contributed by atoms with van der Waals surface area (Å²) in [6.45, 7) is 1.71. The van der Waals surface area contributed by atoms with Gasteiger partial charge in [0, 0.05) is 0 Å². The van der Waals surface area contributed by atoms with E-state index in [-0.39, 0.29) is 27.8 Å². The van der Waals surface area contributed by atoms with Crippen LogP contribution < -0.4 is 4.74 Å². The van der Waals surface area contributed by atoms with Crippen molar-refractivity contribution >= 4 is 23.3 Å². The van der Waals surface area contributed by atoms with Crippen molar-refractivity contribution in [2.75, 3.05) is 0 Å². The first kappa shape index (κ1) is 14.8. The van der Waals surface area contributed by atoms with Gasteiger partial charge in [-0.2, -0.15) is 0 Å². The largest absolute Gasteiger partial charge is 0.478 e. The number of carbonyl (C=O) groups is 1. The third-order valence-corrected chi connectivity index (χ3v) is 3.09. The summed E-state index contributed by atoms with van der Waals surface area (Å²) in [5.41, 5.74) is 0.314. The third kappa shape index (κ3) is 3.11. The van der Waals surface area contributed by atoms with Crippen LogP contribution in [0.5, 0.6) is 11.5 Å². The molecule has 0 radical (unpaired) electrons. The monoisotopic (exact) mass is 307 g/mol. The van der Waals surface area contributed by atoms with Gasteiger partial charge in [-0.25, -0.2) is 4.79 Å². The predicted octanol–water partition coefficient (Wildman–Crippen LogP) is 4.05. The minimum absolute atomic E-state index is 0.0280. The van der Waals surface area contributed by atoms with Crippen molar-refractivity contribution in [3.63, 3.8) is 0 Å². The number of hydrogen-bond donors (Lipinski definition) is 1. The highest BCUT2D eigenvalue weighted by molar-refractivity contribution is 6.32. The first-order valence-corrected chi connectivity index (χ1v) is 6.22. The fraction of sp³-hybridized carbons (Fsp3) is 0.0714. The fourth-order valence-electron chi connectivity index (χ4n) is 1.72. The van der Waals surface area contributed by atoms with E-state index in [4.69, 9.17) is 21.4 Å². The van der Waals surface area contributed by atoms with Crippen LogP contribution in [0.4, 0.5) is 5.69 Å². The molecule has 2 aromatic rings. The molecule has 2 rings (SSSR count). The summed E-state index contributed by atoms with van der Waals surface area (Å²) in [6.07, 6.45) is 0. The molecule has 0 aliphatic rings. The molecular formula is C14H10ClNO5. The standard InChI is InChI=1S/C14H10ClNO5/c1-8-5-6-9(14(17)18)7-12(8)21-11-4-2-3-10(15)13(11)16(19)20/h2-7H,1H3,(H,17,18). The minimum atomic E-state index is -1.11. The lowest BCUT2D eigenvalue weighted by atomic mass is 10.1. The Morgan fingerprint density at radius 2 is 2.00 bits per heavy atom. The number of nitrogens with zero attached hydrogens (tertiary/aromatic N) is 1. The minimum Gasteiger partial charge on any atom is -0.478 e. The number of nitro benzene ring substituents is 1. The van der Waals surface area contributed by atoms with Crippen molar-refractivity contribution in [1.29, 1.82) is 0 Å². The highest BCUT2D eigenvalue weighted by Crippen LogP contribution is 2.37. The van der Waals surface area contributed by atoms with E-state index >= 15 is 0 Å². The Labute approximate surface area is 124 Å². The van der Waals surface area contributed by atoms with Crippen LogP contribution in [0.25, 0.3) is 0 Å². The third-order valence-electron chi connectivity index (χ3n) is 2.79. The zero-order valence-electron chi connectivity index (χ0n) is 10.9. The molecule has 0 atom stereocenters. The summed E-state index contributed by atoms with van der Waals surface area (Å²) in [4.78, 5) is 21.4. The number of aryl methyl sites for hydroxylation is 1. The molecule has 0 saturated heterocycles. The summed E-state index contributed by atoms with van der Waals surface area (Å²) in [5, 5.41) is 20.0. The molecule has 0 fully saturated rings. The number of ether oxygens (including phenoxy) is 1. The first-order chi connectivity index (χ1) is 9.90. The number of aromatic carboxylic acids is 1. The first-order valence-electron chi connectivity index (χ1n) is 5.85. The normalized spacial score (nSPS) is 10.2. The maximum atomic E-state index is 11.0. The van der Waals surface area contributed by atoms with Crippen LogP contribution in [-0.2, 0) is 0 Å². The van der Waals surface area contributed by atoms with E-state index in [1.807, 2.05) is 0 Å². The molecule has 2 aromatic carbocycles. The van der Waals surface area contributed by atoms with Crippen LogP contribution in [-0.4, -0.2) is 16.0 Å². The number of carboxylic acids is 1. The number of nitro groups is 1. The van der Waals surface area contributed by atoms with E-state index in [1.165, 1.54) is 30.3 Å². The van der Waals surface area contributed by atoms with Crippen molar-refractivity contribution in [3.05, 3.63) is 62.7 Å². The average molecular weight is 308 g/mol. The van der Waals surface area contributed by atoms with Crippen LogP contribution in [0.3, 0.4) is 0 Å². The molecule has 0 amide bonds. The van der Waals surface area contributed by atoms with Gasteiger partial charge in [-0.15, -0.1) is 0 Å². The zero-order chi connectivity index (χ0) is 15.6. The average Bonchev–Trinajstić information content (AvgIpc) is 2.40. The van der Waals surface area contributed by atoms with Crippen molar-refractivity contribution in [2.24, 2.45) is 0 Å². The molecule has 0 aliphatic heterocycles. The van der Waals surface area contributed by atoms with Crippen molar-refractivity contribution in [1.82, 2.24) is 0 Å². The van der Waals surface area contributed by atoms with Crippen LogP contribution in [0.2, 0.25) is 5.02 Å². The number of halogens is 1. The van der Waals surface area contributed by atoms with Crippen LogP contribution >= 0.6 is 11.6 Å². The molecular weight excluding hydrogens is 298 g/mol. The molecule has 7 heteroatoms. The van der Waals surface area contributed by atoms with Gasteiger partial charge in [0.2, 0.25) is 5.75 Å². The number of rotatable bonds is 4. The fourth-order valence-corrected chi connectivity index (χ4v) is 1.95. The van der Waals surface area contributed by atoms with Gasteiger partial charge in [-0.3, -0.25) is 10.1 Å². The Morgan fingerprint density at radius 1 is 1.29 bits per heavy atom. The maximum Gasteiger partial charge on any atom is 0.335 e. The molecule has 21 heavy (non-hydrogen) atoms. The van der Waals surface area contributed by atoms with Crippen molar-refractivity contribution in [2.45, 2.75) is 6.92 Å². The van der Waals surface area contributed by atoms with Gasteiger partial charge in [0.1, 0.15) is 10.8 Å². The van der Waals surface area contributed by atoms with E-state index in [0.717, 1.165) is 0 Å². The number of para-hydroxylation sites is 1. The molecule has 108 valence electrons. The lowest BCUT2D eigenvalue weighted by Gasteiger charge is -2.10. The molecule has 0 spiro atoms. The molecule has 0 saturated carbocycles. The topological polar surface area (TPSA) is 89.7 Å². The maximum absolute atomic E-state index is 11.0. The Morgan fingerprint density at radius 3 is 2.62 bits per heavy atom. The van der Waals surface area contributed by atoms with Crippen molar-refractivity contribution < 1.29 is 19.6 Å². The number of hydrogen-bond acceptors (Lipinski definition) is 4. The van der Waals surface area contributed by atoms with Gasteiger partial charge in [0.15, 0.2) is 0 Å². The second-order valence-electron chi connectivity index (χ2n) is 4.23. The molecule has 0 bridgehead atoms. The zero-order valence-corrected chi connectivity index (χ0v) is 11.6. The van der Waals surface area contributed by atoms with Gasteiger partial charge in [0.05, 0.1) is 10.5 Å². The molecule has 0 aliphatic carbocycles. The summed E-state index contributed by atoms with van der Waals surface area (Å²) < 4.78 is 5.48. The Balaban J connectivity index is 2.48. The molecule has 0 aromatic heterocycles. The Hall–Kier alpha value is -2.60. The van der Waals surface area contributed by atoms with Gasteiger partial charge >= 0.3 is 11.7 Å². The van der Waals surface area contributed by atoms with Gasteiger partial charge < -0.3 is 9.84 Å². The molecule has 0 unspecified atom stereocenters. The molecule has 1 N–H and O–H groups in total. The molecule has 0 heterocycles. The van der Waals surface area contributed by atoms with Gasteiger partial charge in [-0.05, 0) is 36.8 Å². The Kier molecular flexibility index (Phi) is 4.09. The summed E-state index contributed by atoms with van der Waals surface area (Å²) in [5.74, 6) is -0.932. The van der Waals surface area contributed by atoms with E-state index < -0.39 is 10.9 Å². The van der Waals surface area contributed by atoms with E-state index in [2.05, 4.69) is 0 Å². The summed E-state index contributed by atoms with van der Waals surface area (Å²) >= 11 is 5.80. The van der Waals surface area contributed by atoms with Crippen LogP contribution in [0.15, 0.2) is 36.4 Å². The van der Waals surface area contributed by atoms with Crippen LogP contribution in [0.1, 0.15) is 15.9 Å². The quantitative estimate of drug-likeness (QED) is 0.680. The van der Waals surface area contributed by atoms with E-state index in [0.29, 0.717) is 5.56 Å². The van der Waals surface area contributed by atoms with Crippen molar-refractivity contribution in [3.8, 4) is 11.5 Å². The second-order valence-corrected chi connectivity index (χ2v) is 4.64. The van der Waals surface area contributed by atoms with Gasteiger partial charge in [0.25, 0.3) is 0 Å². The Bertz CT molecular complexity index is 729. The predicted molar refractivity (Wildman–Crippen MR) is 76.3 cm³/mol. The highest BCUT2D eigenvalue weighted by atomic mass is 35.5. The van der Waals surface area contributed by atoms with E-state index in [9.17, 15) is 14.9 Å². The lowest BCUT2D eigenvalue weighted by molar-refractivity contribution is -0.385. The highest BCUT2D eigenvalue weighted by Gasteiger charge is 2.21. The second kappa shape index (κ2) is 5.80. The lowest BCUT2D eigenvalue weighted by Crippen LogP contribution is -1.99. The SMILES string of the molecule is Cc1ccc(C(=O)O)cc1Oc1cccc(Cl)c1[N+](=O)[O-]. The summed E-state index contributed by atoms with van der Waals surface area (Å²) in [7, 11) is 0. The van der Waals surface area contributed by atoms with Crippen LogP contribution in [0, 0.1) is 17.0 Å². The number of carboxylic acid groups (broad SMARTS) is 1. The molecule has 6 nitrogen and oxygen atoms in total. The smallest absolute Gasteiger partial charge is 0.335 e.